The average molecular weight is 379 g/mol. The average Bonchev–Trinajstić information content (AvgIpc) is 2.38. The number of aliphatic hydroxyl groups excluding tert-OH is 1. The minimum atomic E-state index is -1.94. The van der Waals surface area contributed by atoms with Crippen LogP contribution in [0.1, 0.15) is 20.3 Å². The predicted molar refractivity (Wildman–Crippen MR) is 99.6 cm³/mol. The Morgan fingerprint density at radius 1 is 1.08 bits per heavy atom. The van der Waals surface area contributed by atoms with E-state index in [1.54, 1.807) is 6.92 Å². The number of esters is 1. The molecule has 0 spiro atoms. The number of carbonyl (C=O) groups is 1. The van der Waals surface area contributed by atoms with Crippen molar-refractivity contribution in [3.8, 4) is 0 Å². The van der Waals surface area contributed by atoms with Crippen LogP contribution in [0.25, 0.3) is 0 Å². The van der Waals surface area contributed by atoms with Crippen molar-refractivity contribution in [2.24, 2.45) is 0 Å². The van der Waals surface area contributed by atoms with E-state index in [9.17, 15) is 9.90 Å². The van der Waals surface area contributed by atoms with Crippen LogP contribution in [0.3, 0.4) is 0 Å². The Morgan fingerprint density at radius 2 is 1.54 bits per heavy atom. The molecule has 0 aliphatic carbocycles. The minimum absolute atomic E-state index is 0.0493. The molecular formula is C16H34O6Si2. The summed E-state index contributed by atoms with van der Waals surface area (Å²) in [6.07, 6.45) is -0.463. The fraction of sp³-hybridized carbons (Fsp3) is 0.812. The summed E-state index contributed by atoms with van der Waals surface area (Å²) in [6.45, 7) is 19.1. The smallest absolute Gasteiger partial charge is 0.333 e. The highest BCUT2D eigenvalue weighted by Gasteiger charge is 2.41. The van der Waals surface area contributed by atoms with Crippen LogP contribution < -0.4 is 0 Å². The molecule has 0 bridgehead atoms. The zero-order chi connectivity index (χ0) is 19.2. The normalized spacial score (nSPS) is 14.4. The Morgan fingerprint density at radius 3 is 1.88 bits per heavy atom. The number of rotatable bonds is 11. The molecule has 0 saturated heterocycles. The molecule has 0 rings (SSSR count). The molecule has 24 heavy (non-hydrogen) atoms. The summed E-state index contributed by atoms with van der Waals surface area (Å²) in [6, 6.07) is 0. The Balaban J connectivity index is 4.87. The molecule has 0 radical (unpaired) electrons. The first-order valence-corrected chi connectivity index (χ1v) is 15.1. The number of hydrogen-bond donors (Lipinski definition) is 1. The van der Waals surface area contributed by atoms with Gasteiger partial charge in [-0.15, -0.1) is 0 Å². The Bertz CT molecular complexity index is 409. The highest BCUT2D eigenvalue weighted by molar-refractivity contribution is 6.70. The van der Waals surface area contributed by atoms with Crippen LogP contribution in [0.15, 0.2) is 12.2 Å². The number of carbonyl (C=O) groups excluding carboxylic acids is 1. The van der Waals surface area contributed by atoms with Crippen LogP contribution in [0.5, 0.6) is 0 Å². The predicted octanol–water partition coefficient (Wildman–Crippen LogP) is 3.25. The largest absolute Gasteiger partial charge is 0.460 e. The van der Waals surface area contributed by atoms with Crippen molar-refractivity contribution in [1.82, 2.24) is 0 Å². The van der Waals surface area contributed by atoms with E-state index in [1.807, 2.05) is 6.92 Å². The summed E-state index contributed by atoms with van der Waals surface area (Å²) >= 11 is 0. The van der Waals surface area contributed by atoms with Gasteiger partial charge in [0, 0.05) is 12.0 Å². The van der Waals surface area contributed by atoms with Gasteiger partial charge in [0.2, 0.25) is 0 Å². The van der Waals surface area contributed by atoms with Crippen LogP contribution >= 0.6 is 0 Å². The van der Waals surface area contributed by atoms with Crippen LogP contribution in [-0.2, 0) is 23.1 Å². The molecule has 0 aromatic carbocycles. The van der Waals surface area contributed by atoms with Crippen molar-refractivity contribution in [2.45, 2.75) is 71.6 Å². The Hall–Kier alpha value is -0.516. The molecule has 1 atom stereocenters. The third kappa shape index (κ3) is 10.4. The highest BCUT2D eigenvalue weighted by atomic mass is 28.4. The second kappa shape index (κ2) is 9.26. The van der Waals surface area contributed by atoms with E-state index >= 15 is 0 Å². The lowest BCUT2D eigenvalue weighted by molar-refractivity contribution is -0.320. The molecule has 0 aromatic rings. The standard InChI is InChI=1S/C16H34O6Si2/c1-10-16(21-23(4,5)6,22-24(7,8)9)20-12-14(17)11-19-15(18)13(2)3/h14,17H,2,10-12H2,1,3-9H3. The first-order valence-electron chi connectivity index (χ1n) is 8.25. The lowest BCUT2D eigenvalue weighted by atomic mass is 10.3. The zero-order valence-corrected chi connectivity index (χ0v) is 18.4. The van der Waals surface area contributed by atoms with E-state index in [-0.39, 0.29) is 18.8 Å². The van der Waals surface area contributed by atoms with Crippen molar-refractivity contribution >= 4 is 22.6 Å². The molecule has 8 heteroatoms. The lowest BCUT2D eigenvalue weighted by Crippen LogP contribution is -2.52. The SMILES string of the molecule is C=C(C)C(=O)OCC(O)COC(CC)(O[Si](C)(C)C)O[Si](C)(C)C. The van der Waals surface area contributed by atoms with Crippen molar-refractivity contribution in [3.63, 3.8) is 0 Å². The molecule has 1 N–H and O–H groups in total. The highest BCUT2D eigenvalue weighted by Crippen LogP contribution is 2.29. The Labute approximate surface area is 148 Å². The molecule has 0 heterocycles. The van der Waals surface area contributed by atoms with E-state index in [0.717, 1.165) is 0 Å². The number of aliphatic hydroxyl groups is 1. The monoisotopic (exact) mass is 378 g/mol. The molecule has 142 valence electrons. The summed E-state index contributed by atoms with van der Waals surface area (Å²) in [5.41, 5.74) is 0.287. The van der Waals surface area contributed by atoms with Gasteiger partial charge in [-0.1, -0.05) is 13.5 Å². The molecule has 0 aliphatic heterocycles. The van der Waals surface area contributed by atoms with Gasteiger partial charge in [-0.2, -0.15) is 0 Å². The van der Waals surface area contributed by atoms with Crippen LogP contribution in [-0.4, -0.2) is 53.0 Å². The fourth-order valence-corrected chi connectivity index (χ4v) is 4.26. The quantitative estimate of drug-likeness (QED) is 0.257. The third-order valence-electron chi connectivity index (χ3n) is 2.61. The maximum atomic E-state index is 11.4. The van der Waals surface area contributed by atoms with Gasteiger partial charge >= 0.3 is 5.97 Å². The summed E-state index contributed by atoms with van der Waals surface area (Å²) < 4.78 is 23.1. The van der Waals surface area contributed by atoms with Crippen molar-refractivity contribution < 1.29 is 28.2 Å². The van der Waals surface area contributed by atoms with Gasteiger partial charge in [0.05, 0.1) is 6.61 Å². The summed E-state index contributed by atoms with van der Waals surface area (Å²) in [4.78, 5) is 11.4. The maximum absolute atomic E-state index is 11.4. The minimum Gasteiger partial charge on any atom is -0.460 e. The molecular weight excluding hydrogens is 344 g/mol. The third-order valence-corrected chi connectivity index (χ3v) is 4.45. The molecule has 0 amide bonds. The molecule has 0 saturated carbocycles. The molecule has 1 unspecified atom stereocenters. The van der Waals surface area contributed by atoms with Crippen LogP contribution in [0.2, 0.25) is 39.3 Å². The fourth-order valence-electron chi connectivity index (χ4n) is 1.83. The van der Waals surface area contributed by atoms with Crippen molar-refractivity contribution in [2.75, 3.05) is 13.2 Å². The van der Waals surface area contributed by atoms with Crippen molar-refractivity contribution in [3.05, 3.63) is 12.2 Å². The van der Waals surface area contributed by atoms with E-state index in [1.165, 1.54) is 0 Å². The summed E-state index contributed by atoms with van der Waals surface area (Å²) in [5.74, 6) is -1.71. The van der Waals surface area contributed by atoms with Crippen molar-refractivity contribution in [1.29, 1.82) is 0 Å². The first kappa shape index (κ1) is 23.5. The second-order valence-electron chi connectivity index (χ2n) is 7.81. The van der Waals surface area contributed by atoms with E-state index in [4.69, 9.17) is 18.3 Å². The topological polar surface area (TPSA) is 74.2 Å². The zero-order valence-electron chi connectivity index (χ0n) is 16.4. The van der Waals surface area contributed by atoms with Gasteiger partial charge in [-0.25, -0.2) is 4.79 Å². The van der Waals surface area contributed by atoms with E-state index in [2.05, 4.69) is 45.9 Å². The van der Waals surface area contributed by atoms with E-state index in [0.29, 0.717) is 6.42 Å². The lowest BCUT2D eigenvalue weighted by Gasteiger charge is -2.41. The van der Waals surface area contributed by atoms with Gasteiger partial charge in [-0.3, -0.25) is 0 Å². The molecule has 6 nitrogen and oxygen atoms in total. The molecule has 0 aromatic heterocycles. The van der Waals surface area contributed by atoms with E-state index < -0.39 is 34.7 Å². The number of hydrogen-bond acceptors (Lipinski definition) is 6. The van der Waals surface area contributed by atoms with Gasteiger partial charge in [0.25, 0.3) is 5.97 Å². The second-order valence-corrected chi connectivity index (χ2v) is 16.7. The van der Waals surface area contributed by atoms with Gasteiger partial charge < -0.3 is 23.4 Å². The van der Waals surface area contributed by atoms with Gasteiger partial charge in [0.1, 0.15) is 12.7 Å². The van der Waals surface area contributed by atoms with Gasteiger partial charge in [0.15, 0.2) is 16.6 Å². The van der Waals surface area contributed by atoms with Crippen LogP contribution in [0, 0.1) is 0 Å². The first-order chi connectivity index (χ1) is 10.7. The Kier molecular flexibility index (Phi) is 9.06. The number of ether oxygens (including phenoxy) is 2. The van der Waals surface area contributed by atoms with Gasteiger partial charge in [-0.05, 0) is 46.2 Å². The maximum Gasteiger partial charge on any atom is 0.333 e. The summed E-state index contributed by atoms with van der Waals surface area (Å²) in [7, 11) is -3.89. The molecule has 0 aliphatic rings. The van der Waals surface area contributed by atoms with Crippen LogP contribution in [0.4, 0.5) is 0 Å². The molecule has 0 fully saturated rings. The summed E-state index contributed by atoms with van der Waals surface area (Å²) in [5, 5.41) is 10.0.